The lowest BCUT2D eigenvalue weighted by molar-refractivity contribution is -0.139. The number of nitrogens with one attached hydrogen (secondary N) is 4. The first-order chi connectivity index (χ1) is 16.6. The zero-order valence-corrected chi connectivity index (χ0v) is 20.1. The Kier molecular flexibility index (Phi) is 12.2. The number of benzene rings is 1. The van der Waals surface area contributed by atoms with Crippen molar-refractivity contribution in [3.05, 3.63) is 42.0 Å². The normalized spacial score (nSPS) is 11.3. The molecule has 0 aliphatic heterocycles. The van der Waals surface area contributed by atoms with Crippen LogP contribution in [0.15, 0.2) is 36.4 Å². The average molecular weight is 490 g/mol. The third-order valence-corrected chi connectivity index (χ3v) is 4.53. The van der Waals surface area contributed by atoms with E-state index in [9.17, 15) is 28.8 Å². The van der Waals surface area contributed by atoms with Crippen LogP contribution in [-0.2, 0) is 35.3 Å². The number of ether oxygens (including phenoxy) is 1. The summed E-state index contributed by atoms with van der Waals surface area (Å²) >= 11 is 0. The minimum atomic E-state index is -0.986. The predicted octanol–water partition coefficient (Wildman–Crippen LogP) is 0.299. The van der Waals surface area contributed by atoms with Gasteiger partial charge < -0.3 is 26.0 Å². The molecule has 1 aromatic rings. The Morgan fingerprint density at radius 3 is 2.26 bits per heavy atom. The van der Waals surface area contributed by atoms with E-state index in [1.54, 1.807) is 45.0 Å². The zero-order valence-electron chi connectivity index (χ0n) is 20.1. The second kappa shape index (κ2) is 14.8. The van der Waals surface area contributed by atoms with Gasteiger partial charge in [-0.25, -0.2) is 4.79 Å². The van der Waals surface area contributed by atoms with Gasteiger partial charge in [-0.1, -0.05) is 32.1 Å². The highest BCUT2D eigenvalue weighted by atomic mass is 16.5. The fourth-order valence-electron chi connectivity index (χ4n) is 2.70. The van der Waals surface area contributed by atoms with Gasteiger partial charge in [-0.3, -0.25) is 28.9 Å². The fraction of sp³-hybridized carbons (Fsp3) is 0.391. The van der Waals surface area contributed by atoms with E-state index in [0.717, 1.165) is 11.6 Å². The highest BCUT2D eigenvalue weighted by Gasteiger charge is 2.26. The molecule has 1 aromatic carbocycles. The average Bonchev–Trinajstić information content (AvgIpc) is 2.83. The number of nitrogens with zero attached hydrogens (tertiary/aromatic N) is 1. The second-order valence-corrected chi connectivity index (χ2v) is 7.65. The third-order valence-electron chi connectivity index (χ3n) is 4.53. The molecule has 4 N–H and O–H groups in total. The fourth-order valence-corrected chi connectivity index (χ4v) is 2.70. The highest BCUT2D eigenvalue weighted by molar-refractivity contribution is 5.99. The number of anilines is 1. The number of hydrogen-bond acceptors (Lipinski definition) is 7. The van der Waals surface area contributed by atoms with Crippen LogP contribution in [0, 0.1) is 5.92 Å². The maximum absolute atomic E-state index is 12.6. The van der Waals surface area contributed by atoms with Crippen molar-refractivity contribution in [1.29, 1.82) is 0 Å². The van der Waals surface area contributed by atoms with Crippen molar-refractivity contribution >= 4 is 41.8 Å². The van der Waals surface area contributed by atoms with Gasteiger partial charge in [-0.2, -0.15) is 0 Å². The first-order valence-electron chi connectivity index (χ1n) is 10.8. The van der Waals surface area contributed by atoms with Crippen LogP contribution in [0.5, 0.6) is 0 Å². The Balaban J connectivity index is 2.59. The summed E-state index contributed by atoms with van der Waals surface area (Å²) < 4.78 is 4.93. The molecule has 35 heavy (non-hydrogen) atoms. The SMILES string of the molecule is C/C=C\C(=O)N(C=O)CC(=O)NC(C(=O)NCC(=O)Nc1ccc(COC(=O)NC)cc1)C(C)C. The van der Waals surface area contributed by atoms with E-state index in [1.165, 1.54) is 13.1 Å². The molecule has 1 atom stereocenters. The van der Waals surface area contributed by atoms with Crippen LogP contribution < -0.4 is 21.3 Å². The van der Waals surface area contributed by atoms with Crippen LogP contribution in [0.3, 0.4) is 0 Å². The standard InChI is InChI=1S/C23H31N5O7/c1-5-6-20(32)28(14-29)12-19(31)27-21(15(2)3)22(33)25-11-18(30)26-17-9-7-16(8-10-17)13-35-23(34)24-4/h5-10,14-15,21H,11-13H2,1-4H3,(H,24,34)(H,25,33)(H,26,30)(H,27,31)/b6-5-. The van der Waals surface area contributed by atoms with Crippen LogP contribution in [0.2, 0.25) is 0 Å². The number of carbonyl (C=O) groups excluding carboxylic acids is 6. The number of imide groups is 1. The van der Waals surface area contributed by atoms with E-state index < -0.39 is 42.3 Å². The molecule has 1 rings (SSSR count). The Labute approximate surface area is 203 Å². The molecule has 0 heterocycles. The lowest BCUT2D eigenvalue weighted by Crippen LogP contribution is -2.53. The smallest absolute Gasteiger partial charge is 0.407 e. The zero-order chi connectivity index (χ0) is 26.4. The summed E-state index contributed by atoms with van der Waals surface area (Å²) in [6.07, 6.45) is 2.25. The number of alkyl carbamates (subject to hydrolysis) is 1. The number of carbonyl (C=O) groups is 6. The van der Waals surface area contributed by atoms with Gasteiger partial charge in [0.05, 0.1) is 6.54 Å². The van der Waals surface area contributed by atoms with Crippen molar-refractivity contribution in [2.24, 2.45) is 5.92 Å². The number of allylic oxidation sites excluding steroid dienone is 1. The molecule has 0 saturated carbocycles. The van der Waals surface area contributed by atoms with Crippen molar-refractivity contribution in [3.8, 4) is 0 Å². The number of rotatable bonds is 12. The predicted molar refractivity (Wildman–Crippen MR) is 127 cm³/mol. The van der Waals surface area contributed by atoms with Gasteiger partial charge in [0.1, 0.15) is 19.2 Å². The van der Waals surface area contributed by atoms with E-state index >= 15 is 0 Å². The van der Waals surface area contributed by atoms with Crippen molar-refractivity contribution in [2.45, 2.75) is 33.4 Å². The van der Waals surface area contributed by atoms with Crippen molar-refractivity contribution in [1.82, 2.24) is 20.9 Å². The molecule has 1 unspecified atom stereocenters. The van der Waals surface area contributed by atoms with Crippen LogP contribution in [0.25, 0.3) is 0 Å². The van der Waals surface area contributed by atoms with E-state index in [-0.39, 0.29) is 25.5 Å². The van der Waals surface area contributed by atoms with Gasteiger partial charge in [-0.15, -0.1) is 0 Å². The molecular weight excluding hydrogens is 458 g/mol. The van der Waals surface area contributed by atoms with Gasteiger partial charge in [0, 0.05) is 12.7 Å². The molecule has 0 fully saturated rings. The van der Waals surface area contributed by atoms with E-state index in [0.29, 0.717) is 10.6 Å². The summed E-state index contributed by atoms with van der Waals surface area (Å²) in [7, 11) is 1.45. The summed E-state index contributed by atoms with van der Waals surface area (Å²) in [6, 6.07) is 5.59. The summed E-state index contributed by atoms with van der Waals surface area (Å²) in [5.74, 6) is -2.78. The Bertz CT molecular complexity index is 944. The van der Waals surface area contributed by atoms with E-state index in [2.05, 4.69) is 21.3 Å². The Morgan fingerprint density at radius 2 is 1.71 bits per heavy atom. The molecule has 12 nitrogen and oxygen atoms in total. The van der Waals surface area contributed by atoms with Crippen LogP contribution >= 0.6 is 0 Å². The lowest BCUT2D eigenvalue weighted by atomic mass is 10.0. The lowest BCUT2D eigenvalue weighted by Gasteiger charge is -2.23. The van der Waals surface area contributed by atoms with Gasteiger partial charge >= 0.3 is 6.09 Å². The molecule has 0 saturated heterocycles. The minimum Gasteiger partial charge on any atom is -0.445 e. The summed E-state index contributed by atoms with van der Waals surface area (Å²) in [5, 5.41) is 9.89. The topological polar surface area (TPSA) is 163 Å². The maximum Gasteiger partial charge on any atom is 0.407 e. The highest BCUT2D eigenvalue weighted by Crippen LogP contribution is 2.10. The molecule has 0 aliphatic carbocycles. The molecule has 6 amide bonds. The minimum absolute atomic E-state index is 0.0698. The maximum atomic E-state index is 12.6. The molecule has 12 heteroatoms. The largest absolute Gasteiger partial charge is 0.445 e. The van der Waals surface area contributed by atoms with Gasteiger partial charge in [-0.05, 0) is 36.6 Å². The summed E-state index contributed by atoms with van der Waals surface area (Å²) in [6.45, 7) is 4.16. The van der Waals surface area contributed by atoms with Crippen LogP contribution in [0.4, 0.5) is 10.5 Å². The van der Waals surface area contributed by atoms with Crippen molar-refractivity contribution < 1.29 is 33.5 Å². The molecule has 0 radical (unpaired) electrons. The molecule has 0 aliphatic rings. The molecule has 0 aromatic heterocycles. The van der Waals surface area contributed by atoms with Gasteiger partial charge in [0.2, 0.25) is 24.1 Å². The molecule has 0 bridgehead atoms. The molecule has 190 valence electrons. The first kappa shape index (κ1) is 28.8. The summed E-state index contributed by atoms with van der Waals surface area (Å²) in [4.78, 5) is 71.6. The van der Waals surface area contributed by atoms with Crippen molar-refractivity contribution in [3.63, 3.8) is 0 Å². The Morgan fingerprint density at radius 1 is 1.06 bits per heavy atom. The number of hydrogen-bond donors (Lipinski definition) is 4. The number of amides is 6. The molecular formula is C23H31N5O7. The van der Waals surface area contributed by atoms with E-state index in [1.807, 2.05) is 0 Å². The monoisotopic (exact) mass is 489 g/mol. The summed E-state index contributed by atoms with van der Waals surface area (Å²) in [5.41, 5.74) is 1.19. The van der Waals surface area contributed by atoms with Gasteiger partial charge in [0.15, 0.2) is 0 Å². The van der Waals surface area contributed by atoms with Gasteiger partial charge in [0.25, 0.3) is 5.91 Å². The quantitative estimate of drug-likeness (QED) is 0.242. The van der Waals surface area contributed by atoms with Crippen LogP contribution in [0.1, 0.15) is 26.3 Å². The van der Waals surface area contributed by atoms with Crippen molar-refractivity contribution in [2.75, 3.05) is 25.5 Å². The second-order valence-electron chi connectivity index (χ2n) is 7.65. The Hall–Kier alpha value is -4.22. The molecule has 0 spiro atoms. The van der Waals surface area contributed by atoms with Crippen LogP contribution in [-0.4, -0.2) is 67.2 Å². The van der Waals surface area contributed by atoms with E-state index in [4.69, 9.17) is 4.74 Å². The first-order valence-corrected chi connectivity index (χ1v) is 10.8. The third kappa shape index (κ3) is 10.5.